The minimum atomic E-state index is -0.0487. The predicted molar refractivity (Wildman–Crippen MR) is 127 cm³/mol. The van der Waals surface area contributed by atoms with Gasteiger partial charge in [-0.15, -0.1) is 0 Å². The third-order valence-electron chi connectivity index (χ3n) is 6.31. The normalized spacial score (nSPS) is 19.9. The van der Waals surface area contributed by atoms with Gasteiger partial charge in [-0.1, -0.05) is 18.2 Å². The van der Waals surface area contributed by atoms with Gasteiger partial charge in [0.15, 0.2) is 5.96 Å². The summed E-state index contributed by atoms with van der Waals surface area (Å²) in [6.07, 6.45) is 1.67. The van der Waals surface area contributed by atoms with Gasteiger partial charge in [0.25, 0.3) is 0 Å². The van der Waals surface area contributed by atoms with Crippen molar-refractivity contribution < 1.29 is 9.53 Å². The van der Waals surface area contributed by atoms with Crippen LogP contribution < -0.4 is 10.2 Å². The van der Waals surface area contributed by atoms with Crippen LogP contribution in [0.1, 0.15) is 33.6 Å². The number of aliphatic imine (C=N–C) groups is 1. The number of nitrogens with zero attached hydrogens (tertiary/aromatic N) is 4. The summed E-state index contributed by atoms with van der Waals surface area (Å²) < 4.78 is 5.19. The topological polar surface area (TPSA) is 60.4 Å². The van der Waals surface area contributed by atoms with Crippen LogP contribution in [0.3, 0.4) is 0 Å². The number of ether oxygens (including phenoxy) is 1. The Labute approximate surface area is 187 Å². The van der Waals surface area contributed by atoms with Crippen molar-refractivity contribution in [3.8, 4) is 0 Å². The molecule has 2 heterocycles. The van der Waals surface area contributed by atoms with E-state index in [0.717, 1.165) is 71.2 Å². The van der Waals surface area contributed by atoms with E-state index >= 15 is 0 Å². The van der Waals surface area contributed by atoms with Crippen LogP contribution in [0.4, 0.5) is 5.69 Å². The van der Waals surface area contributed by atoms with Crippen molar-refractivity contribution in [1.82, 2.24) is 15.1 Å². The molecule has 0 bridgehead atoms. The van der Waals surface area contributed by atoms with Crippen LogP contribution >= 0.6 is 0 Å². The third-order valence-corrected chi connectivity index (χ3v) is 6.31. The molecule has 1 aromatic rings. The zero-order valence-electron chi connectivity index (χ0n) is 19.4. The molecule has 2 saturated heterocycles. The molecule has 0 radical (unpaired) electrons. The smallest absolute Gasteiger partial charge is 0.309 e. The predicted octanol–water partition coefficient (Wildman–Crippen LogP) is 2.44. The Hall–Kier alpha value is -2.28. The van der Waals surface area contributed by atoms with E-state index in [0.29, 0.717) is 12.6 Å². The van der Waals surface area contributed by atoms with Crippen LogP contribution in [0.5, 0.6) is 0 Å². The van der Waals surface area contributed by atoms with Crippen LogP contribution in [0.2, 0.25) is 0 Å². The van der Waals surface area contributed by atoms with E-state index in [1.54, 1.807) is 0 Å². The average molecular weight is 430 g/mol. The maximum Gasteiger partial charge on any atom is 0.309 e. The summed E-state index contributed by atoms with van der Waals surface area (Å²) in [6, 6.07) is 11.1. The van der Waals surface area contributed by atoms with Gasteiger partial charge in [-0.2, -0.15) is 0 Å². The number of nitrogens with one attached hydrogen (secondary N) is 1. The van der Waals surface area contributed by atoms with Gasteiger partial charge in [0.1, 0.15) is 0 Å². The van der Waals surface area contributed by atoms with E-state index in [1.807, 2.05) is 6.92 Å². The highest BCUT2D eigenvalue weighted by molar-refractivity contribution is 5.80. The van der Waals surface area contributed by atoms with Crippen molar-refractivity contribution in [3.63, 3.8) is 0 Å². The lowest BCUT2D eigenvalue weighted by Crippen LogP contribution is -2.51. The van der Waals surface area contributed by atoms with Crippen LogP contribution in [0.25, 0.3) is 0 Å². The van der Waals surface area contributed by atoms with E-state index in [2.05, 4.69) is 64.2 Å². The van der Waals surface area contributed by atoms with Crippen LogP contribution in [0, 0.1) is 5.92 Å². The van der Waals surface area contributed by atoms with Gasteiger partial charge in [-0.25, -0.2) is 0 Å². The number of likely N-dealkylation sites (tertiary alicyclic amines) is 1. The van der Waals surface area contributed by atoms with Gasteiger partial charge < -0.3 is 19.9 Å². The fraction of sp³-hybridized carbons (Fsp3) is 0.667. The largest absolute Gasteiger partial charge is 0.466 e. The van der Waals surface area contributed by atoms with E-state index in [4.69, 9.17) is 9.73 Å². The third kappa shape index (κ3) is 6.60. The number of carbonyl (C=O) groups excluding carboxylic acids is 1. The Morgan fingerprint density at radius 3 is 2.39 bits per heavy atom. The zero-order chi connectivity index (χ0) is 22.1. The lowest BCUT2D eigenvalue weighted by molar-refractivity contribution is -0.149. The number of anilines is 1. The number of piperidine rings is 1. The molecule has 1 atom stereocenters. The van der Waals surface area contributed by atoms with E-state index in [-0.39, 0.29) is 11.9 Å². The molecule has 0 saturated carbocycles. The molecule has 0 aliphatic carbocycles. The summed E-state index contributed by atoms with van der Waals surface area (Å²) in [7, 11) is 0. The fourth-order valence-corrected chi connectivity index (χ4v) is 4.41. The van der Waals surface area contributed by atoms with E-state index < -0.39 is 0 Å². The number of para-hydroxylation sites is 1. The van der Waals surface area contributed by atoms with Crippen LogP contribution in [-0.2, 0) is 9.53 Å². The van der Waals surface area contributed by atoms with Crippen LogP contribution in [0.15, 0.2) is 35.3 Å². The average Bonchev–Trinajstić information content (AvgIpc) is 2.82. The summed E-state index contributed by atoms with van der Waals surface area (Å²) in [4.78, 5) is 24.3. The molecule has 31 heavy (non-hydrogen) atoms. The number of esters is 1. The highest BCUT2D eigenvalue weighted by Crippen LogP contribution is 2.19. The second kappa shape index (κ2) is 11.9. The quantitative estimate of drug-likeness (QED) is 0.408. The van der Waals surface area contributed by atoms with Gasteiger partial charge in [-0.3, -0.25) is 14.7 Å². The standard InChI is InChI=1S/C24H39N5O2/c1-4-25-24(29-13-11-21(12-14-29)23(30)31-5-2)26-19-20(3)27-15-17-28(18-16-27)22-9-7-6-8-10-22/h6-10,20-21H,4-5,11-19H2,1-3H3,(H,25,26). The monoisotopic (exact) mass is 429 g/mol. The molecule has 7 nitrogen and oxygen atoms in total. The second-order valence-electron chi connectivity index (χ2n) is 8.42. The molecule has 3 rings (SSSR count). The molecule has 7 heteroatoms. The number of piperazine rings is 1. The maximum absolute atomic E-state index is 12.0. The van der Waals surface area contributed by atoms with Gasteiger partial charge >= 0.3 is 5.97 Å². The zero-order valence-corrected chi connectivity index (χ0v) is 19.4. The lowest BCUT2D eigenvalue weighted by atomic mass is 9.97. The summed E-state index contributed by atoms with van der Waals surface area (Å²) in [6.45, 7) is 14.3. The summed E-state index contributed by atoms with van der Waals surface area (Å²) in [5, 5.41) is 3.44. The Morgan fingerprint density at radius 1 is 1.10 bits per heavy atom. The molecule has 1 aromatic carbocycles. The first-order valence-corrected chi connectivity index (χ1v) is 11.9. The van der Waals surface area contributed by atoms with Crippen molar-refractivity contribution in [2.24, 2.45) is 10.9 Å². The van der Waals surface area contributed by atoms with Gasteiger partial charge in [-0.05, 0) is 45.7 Å². The Kier molecular flexibility index (Phi) is 9.00. The number of rotatable bonds is 7. The van der Waals surface area contributed by atoms with Gasteiger partial charge in [0.2, 0.25) is 0 Å². The number of hydrogen-bond acceptors (Lipinski definition) is 5. The molecular weight excluding hydrogens is 390 g/mol. The molecule has 172 valence electrons. The molecule has 1 N–H and O–H groups in total. The number of guanidine groups is 1. The van der Waals surface area contributed by atoms with Gasteiger partial charge in [0.05, 0.1) is 19.1 Å². The molecule has 0 spiro atoms. The fourth-order valence-electron chi connectivity index (χ4n) is 4.41. The van der Waals surface area contributed by atoms with Gasteiger partial charge in [0, 0.05) is 57.5 Å². The maximum atomic E-state index is 12.0. The van der Waals surface area contributed by atoms with E-state index in [9.17, 15) is 4.79 Å². The van der Waals surface area contributed by atoms with Crippen molar-refractivity contribution >= 4 is 17.6 Å². The molecule has 2 fully saturated rings. The van der Waals surface area contributed by atoms with Crippen molar-refractivity contribution in [1.29, 1.82) is 0 Å². The molecule has 2 aliphatic rings. The minimum Gasteiger partial charge on any atom is -0.466 e. The van der Waals surface area contributed by atoms with E-state index in [1.165, 1.54) is 5.69 Å². The van der Waals surface area contributed by atoms with Crippen LogP contribution in [-0.4, -0.2) is 86.7 Å². The number of carbonyl (C=O) groups is 1. The molecular formula is C24H39N5O2. The summed E-state index contributed by atoms with van der Waals surface area (Å²) in [5.41, 5.74) is 1.31. The SMILES string of the molecule is CCNC(=NCC(C)N1CCN(c2ccccc2)CC1)N1CCC(C(=O)OCC)CC1. The Balaban J connectivity index is 1.48. The van der Waals surface area contributed by atoms with Crippen molar-refractivity contribution in [2.45, 2.75) is 39.7 Å². The second-order valence-corrected chi connectivity index (χ2v) is 8.42. The number of hydrogen-bond donors (Lipinski definition) is 1. The Bertz CT molecular complexity index is 695. The first kappa shape index (κ1) is 23.4. The first-order valence-electron chi connectivity index (χ1n) is 11.9. The van der Waals surface area contributed by atoms with Crippen molar-refractivity contribution in [2.75, 3.05) is 63.9 Å². The Morgan fingerprint density at radius 2 is 1.77 bits per heavy atom. The molecule has 2 aliphatic heterocycles. The first-order chi connectivity index (χ1) is 15.1. The lowest BCUT2D eigenvalue weighted by Gasteiger charge is -2.39. The molecule has 1 unspecified atom stereocenters. The van der Waals surface area contributed by atoms with Crippen molar-refractivity contribution in [3.05, 3.63) is 30.3 Å². The summed E-state index contributed by atoms with van der Waals surface area (Å²) in [5.74, 6) is 0.950. The summed E-state index contributed by atoms with van der Waals surface area (Å²) >= 11 is 0. The number of benzene rings is 1. The highest BCUT2D eigenvalue weighted by atomic mass is 16.5. The molecule has 0 aromatic heterocycles. The minimum absolute atomic E-state index is 0.0268. The molecule has 0 amide bonds. The highest BCUT2D eigenvalue weighted by Gasteiger charge is 2.27.